The quantitative estimate of drug-likeness (QED) is 0.0462. The number of guanidine groups is 1. The van der Waals surface area contributed by atoms with Crippen LogP contribution in [0.3, 0.4) is 0 Å². The average Bonchev–Trinajstić information content (AvgIpc) is 1.27. The van der Waals surface area contributed by atoms with E-state index in [9.17, 15) is 22.8 Å². The fourth-order valence-electron chi connectivity index (χ4n) is 10.0. The second-order valence-corrected chi connectivity index (χ2v) is 21.0. The molecule has 2 amide bonds. The SMILES string of the molecule is CCCOc1ccc(-c2nc(Nc3cnn(CC(=O)N4CCOCC4c4nc(Nc5cnn(CN6C=C(C)C(=C7C=CC(CC)=CC7)N=C6Nc6cnn(CC(=O)NCC)c6)c5)nc(-c5ccc(OCCC(F)(F)F)c(F)c5)c4C)c3)ncc2C)cc1F. The lowest BCUT2D eigenvalue weighted by atomic mass is 9.97. The smallest absolute Gasteiger partial charge is 0.392 e. The van der Waals surface area contributed by atoms with Crippen molar-refractivity contribution in [3.63, 3.8) is 0 Å². The number of ether oxygens (including phenoxy) is 3. The molecular formula is C61H66F5N17O5. The van der Waals surface area contributed by atoms with Crippen LogP contribution in [0.2, 0.25) is 0 Å². The summed E-state index contributed by atoms with van der Waals surface area (Å²) < 4.78 is 91.2. The van der Waals surface area contributed by atoms with E-state index in [1.807, 2.05) is 38.8 Å². The Morgan fingerprint density at radius 1 is 0.761 bits per heavy atom. The summed E-state index contributed by atoms with van der Waals surface area (Å²) in [6, 6.07) is 7.73. The highest BCUT2D eigenvalue weighted by Crippen LogP contribution is 2.36. The van der Waals surface area contributed by atoms with Crippen molar-refractivity contribution < 1.29 is 45.8 Å². The molecule has 460 valence electrons. The molecule has 1 unspecified atom stereocenters. The number of allylic oxidation sites excluding steroid dienone is 6. The molecule has 10 rings (SSSR count). The third-order valence-corrected chi connectivity index (χ3v) is 14.4. The number of alkyl halides is 3. The predicted molar refractivity (Wildman–Crippen MR) is 319 cm³/mol. The van der Waals surface area contributed by atoms with Gasteiger partial charge >= 0.3 is 6.18 Å². The van der Waals surface area contributed by atoms with Gasteiger partial charge in [-0.15, -0.1) is 0 Å². The molecule has 4 N–H and O–H groups in total. The van der Waals surface area contributed by atoms with Crippen LogP contribution in [0.4, 0.5) is 50.9 Å². The van der Waals surface area contributed by atoms with Gasteiger partial charge < -0.3 is 40.4 Å². The summed E-state index contributed by atoms with van der Waals surface area (Å²) in [6.45, 7) is 11.9. The van der Waals surface area contributed by atoms with E-state index in [-0.39, 0.29) is 86.0 Å². The molecular weight excluding hydrogens is 1150 g/mol. The molecule has 1 atom stereocenters. The first kappa shape index (κ1) is 61.3. The first-order valence-electron chi connectivity index (χ1n) is 28.7. The Labute approximate surface area is 503 Å². The minimum atomic E-state index is -4.50. The van der Waals surface area contributed by atoms with Gasteiger partial charge in [0, 0.05) is 49.0 Å². The number of benzene rings is 2. The van der Waals surface area contributed by atoms with Crippen molar-refractivity contribution in [2.45, 2.75) is 99.2 Å². The van der Waals surface area contributed by atoms with Crippen LogP contribution in [0.1, 0.15) is 76.2 Å². The van der Waals surface area contributed by atoms with Crippen molar-refractivity contribution in [1.82, 2.24) is 64.4 Å². The van der Waals surface area contributed by atoms with E-state index in [0.717, 1.165) is 35.8 Å². The highest BCUT2D eigenvalue weighted by Gasteiger charge is 2.34. The van der Waals surface area contributed by atoms with Crippen molar-refractivity contribution >= 4 is 46.7 Å². The Morgan fingerprint density at radius 3 is 2.07 bits per heavy atom. The van der Waals surface area contributed by atoms with Crippen LogP contribution in [0.15, 0.2) is 132 Å². The predicted octanol–water partition coefficient (Wildman–Crippen LogP) is 10.6. The molecule has 27 heteroatoms. The number of hydrogen-bond donors (Lipinski definition) is 4. The van der Waals surface area contributed by atoms with Crippen LogP contribution >= 0.6 is 0 Å². The highest BCUT2D eigenvalue weighted by molar-refractivity contribution is 5.96. The van der Waals surface area contributed by atoms with E-state index >= 15 is 8.78 Å². The lowest BCUT2D eigenvalue weighted by Crippen LogP contribution is -2.45. The number of aromatic nitrogens is 10. The molecule has 0 spiro atoms. The lowest BCUT2D eigenvalue weighted by Gasteiger charge is -2.36. The number of anilines is 5. The molecule has 2 aliphatic heterocycles. The molecule has 88 heavy (non-hydrogen) atoms. The largest absolute Gasteiger partial charge is 0.491 e. The molecule has 1 fully saturated rings. The number of morpholine rings is 1. The van der Waals surface area contributed by atoms with E-state index in [4.69, 9.17) is 29.2 Å². The topological polar surface area (TPSA) is 234 Å². The van der Waals surface area contributed by atoms with Crippen molar-refractivity contribution in [2.24, 2.45) is 4.99 Å². The van der Waals surface area contributed by atoms with Crippen molar-refractivity contribution in [1.29, 1.82) is 0 Å². The minimum absolute atomic E-state index is 0.0268. The van der Waals surface area contributed by atoms with Gasteiger partial charge in [-0.05, 0) is 106 Å². The van der Waals surface area contributed by atoms with Crippen LogP contribution in [-0.2, 0) is 34.1 Å². The molecule has 0 saturated carbocycles. The maximum Gasteiger partial charge on any atom is 0.392 e. The number of aliphatic imine (C=N–C) groups is 1. The number of nitrogens with one attached hydrogen (secondary N) is 4. The van der Waals surface area contributed by atoms with Gasteiger partial charge in [0.25, 0.3) is 0 Å². The van der Waals surface area contributed by atoms with Crippen molar-refractivity contribution in [3.05, 3.63) is 155 Å². The average molecular weight is 1210 g/mol. The molecule has 7 aromatic rings. The maximum atomic E-state index is 15.8. The van der Waals surface area contributed by atoms with Gasteiger partial charge in [-0.2, -0.15) is 28.5 Å². The highest BCUT2D eigenvalue weighted by atomic mass is 19.4. The van der Waals surface area contributed by atoms with Crippen molar-refractivity contribution in [3.8, 4) is 34.0 Å². The van der Waals surface area contributed by atoms with Crippen LogP contribution in [0.25, 0.3) is 22.5 Å². The van der Waals surface area contributed by atoms with Gasteiger partial charge in [-0.1, -0.05) is 37.6 Å². The molecule has 22 nitrogen and oxygen atoms in total. The zero-order valence-electron chi connectivity index (χ0n) is 49.3. The van der Waals surface area contributed by atoms with Gasteiger partial charge in [0.2, 0.25) is 29.7 Å². The standard InChI is InChI=1S/C61H66F5N17O5/c1-7-20-87-50-16-14-42(23-47(50)62)54-37(4)25-68-58(75-54)72-44-26-70-81(30-44)34-53(85)83-19-22-86-35-49(83)57-39(6)56(43-15-17-51(48(63)24-43)88-21-18-61(64,65)66)76-59(77-57)73-45-27-71-82(32-45)36-79-29-38(5)55(41-12-10-40(8-2)11-13-41)78-60(79)74-46-28-69-80(31-46)33-52(84)67-9-3/h10-12,14-17,23-32,49H,7-9,13,18-22,33-36H2,1-6H3,(H,67,84)(H,74,78)(H,68,72,75)(H,73,76,77). The zero-order chi connectivity index (χ0) is 62.1. The molecule has 3 aliphatic rings. The second-order valence-electron chi connectivity index (χ2n) is 21.0. The normalized spacial score (nSPS) is 16.0. The molecule has 0 radical (unpaired) electrons. The summed E-state index contributed by atoms with van der Waals surface area (Å²) >= 11 is 0. The number of carbonyl (C=O) groups excluding carboxylic acids is 2. The lowest BCUT2D eigenvalue weighted by molar-refractivity contribution is -0.141. The van der Waals surface area contributed by atoms with Crippen molar-refractivity contribution in [2.75, 3.05) is 55.5 Å². The number of halogens is 5. The number of carbonyl (C=O) groups is 2. The number of aryl methyl sites for hydroxylation is 1. The van der Waals surface area contributed by atoms with Crippen LogP contribution in [-0.4, -0.2) is 123 Å². The Balaban J connectivity index is 0.905. The van der Waals surface area contributed by atoms with Gasteiger partial charge in [-0.3, -0.25) is 28.5 Å². The summed E-state index contributed by atoms with van der Waals surface area (Å²) in [4.78, 5) is 54.5. The third-order valence-electron chi connectivity index (χ3n) is 14.4. The first-order chi connectivity index (χ1) is 42.4. The van der Waals surface area contributed by atoms with E-state index in [1.54, 1.807) is 65.8 Å². The van der Waals surface area contributed by atoms with E-state index in [1.165, 1.54) is 39.3 Å². The van der Waals surface area contributed by atoms with E-state index in [0.29, 0.717) is 70.7 Å². The monoisotopic (exact) mass is 1210 g/mol. The molecule has 5 aromatic heterocycles. The number of likely N-dealkylation sites (N-methyl/N-ethyl adjacent to an activating group) is 1. The maximum absolute atomic E-state index is 15.8. The molecule has 1 saturated heterocycles. The molecule has 2 aromatic carbocycles. The van der Waals surface area contributed by atoms with Gasteiger partial charge in [0.05, 0.1) is 104 Å². The van der Waals surface area contributed by atoms with Crippen LogP contribution < -0.4 is 30.7 Å². The Hall–Kier alpha value is -9.79. The van der Waals surface area contributed by atoms with Gasteiger partial charge in [-0.25, -0.2) is 33.7 Å². The molecule has 7 heterocycles. The zero-order valence-corrected chi connectivity index (χ0v) is 49.3. The third kappa shape index (κ3) is 15.1. The minimum Gasteiger partial charge on any atom is -0.491 e. The van der Waals surface area contributed by atoms with Crippen LogP contribution in [0.5, 0.6) is 11.5 Å². The second kappa shape index (κ2) is 27.3. The summed E-state index contributed by atoms with van der Waals surface area (Å²) in [5, 5.41) is 26.1. The Kier molecular flexibility index (Phi) is 19.0. The van der Waals surface area contributed by atoms with Gasteiger partial charge in [0.15, 0.2) is 23.1 Å². The fourth-order valence-corrected chi connectivity index (χ4v) is 10.0. The number of amides is 2. The summed E-state index contributed by atoms with van der Waals surface area (Å²) in [7, 11) is 0. The molecule has 0 bridgehead atoms. The summed E-state index contributed by atoms with van der Waals surface area (Å²) in [6.07, 6.45) is 16.3. The molecule has 1 aliphatic carbocycles. The number of hydrogen-bond acceptors (Lipinski definition) is 17. The van der Waals surface area contributed by atoms with Crippen LogP contribution in [0, 0.1) is 25.5 Å². The first-order valence-corrected chi connectivity index (χ1v) is 28.7. The summed E-state index contributed by atoms with van der Waals surface area (Å²) in [5.41, 5.74) is 8.61. The number of rotatable bonds is 22. The van der Waals surface area contributed by atoms with Gasteiger partial charge in [0.1, 0.15) is 19.8 Å². The Bertz CT molecular complexity index is 3870. The number of nitrogens with zero attached hydrogens (tertiary/aromatic N) is 13. The summed E-state index contributed by atoms with van der Waals surface area (Å²) in [5.74, 6) is -1.43. The van der Waals surface area contributed by atoms with E-state index in [2.05, 4.69) is 71.7 Å². The fraction of sp³-hybridized carbons (Fsp3) is 0.344. The van der Waals surface area contributed by atoms with E-state index < -0.39 is 36.9 Å². The Morgan fingerprint density at radius 2 is 1.41 bits per heavy atom.